The van der Waals surface area contributed by atoms with Gasteiger partial charge in [0.2, 0.25) is 0 Å². The van der Waals surface area contributed by atoms with Crippen molar-refractivity contribution in [3.05, 3.63) is 65.5 Å². The van der Waals surface area contributed by atoms with Crippen LogP contribution < -0.4 is 10.1 Å². The molecule has 2 rings (SSSR count). The molecule has 134 valence electrons. The van der Waals surface area contributed by atoms with Gasteiger partial charge in [-0.05, 0) is 54.3 Å². The highest BCUT2D eigenvalue weighted by Crippen LogP contribution is 2.15. The van der Waals surface area contributed by atoms with Crippen LogP contribution in [0.4, 0.5) is 4.39 Å². The molecule has 2 aromatic rings. The lowest BCUT2D eigenvalue weighted by Crippen LogP contribution is -2.28. The average molecular weight is 345 g/mol. The Balaban J connectivity index is 1.83. The number of rotatable bonds is 8. The molecule has 0 heterocycles. The topological polar surface area (TPSA) is 58.6 Å². The second-order valence-corrected chi connectivity index (χ2v) is 6.33. The van der Waals surface area contributed by atoms with Crippen molar-refractivity contribution < 1.29 is 19.0 Å². The second kappa shape index (κ2) is 9.18. The van der Waals surface area contributed by atoms with Gasteiger partial charge >= 0.3 is 0 Å². The van der Waals surface area contributed by atoms with Crippen LogP contribution in [0.25, 0.3) is 0 Å². The van der Waals surface area contributed by atoms with Gasteiger partial charge in [0.25, 0.3) is 5.91 Å². The molecular weight excluding hydrogens is 321 g/mol. The van der Waals surface area contributed by atoms with Crippen molar-refractivity contribution >= 4 is 5.91 Å². The van der Waals surface area contributed by atoms with Crippen LogP contribution in [0.1, 0.15) is 42.3 Å². The molecule has 5 heteroatoms. The number of carbonyl (C=O) groups is 1. The maximum atomic E-state index is 12.9. The van der Waals surface area contributed by atoms with Crippen LogP contribution in [-0.4, -0.2) is 24.2 Å². The van der Waals surface area contributed by atoms with Crippen LogP contribution >= 0.6 is 0 Å². The number of aliphatic hydroxyl groups excluding tert-OH is 1. The number of halogens is 1. The first-order valence-electron chi connectivity index (χ1n) is 8.40. The maximum Gasteiger partial charge on any atom is 0.251 e. The van der Waals surface area contributed by atoms with E-state index in [1.54, 1.807) is 24.3 Å². The highest BCUT2D eigenvalue weighted by Gasteiger charge is 2.11. The minimum absolute atomic E-state index is 0.0527. The number of benzene rings is 2. The summed E-state index contributed by atoms with van der Waals surface area (Å²) in [6.07, 6.45) is 0.0898. The van der Waals surface area contributed by atoms with Crippen molar-refractivity contribution in [2.24, 2.45) is 5.92 Å². The van der Waals surface area contributed by atoms with Gasteiger partial charge in [-0.3, -0.25) is 4.79 Å². The number of aliphatic hydroxyl groups is 1. The summed E-state index contributed by atoms with van der Waals surface area (Å²) in [6.45, 7) is 4.97. The van der Waals surface area contributed by atoms with Gasteiger partial charge in [0.15, 0.2) is 0 Å². The minimum atomic E-state index is -0.886. The molecule has 0 bridgehead atoms. The van der Waals surface area contributed by atoms with Crippen molar-refractivity contribution in [1.82, 2.24) is 5.32 Å². The first kappa shape index (κ1) is 18.9. The lowest BCUT2D eigenvalue weighted by atomic mass is 10.1. The summed E-state index contributed by atoms with van der Waals surface area (Å²) in [5, 5.41) is 12.7. The fraction of sp³-hybridized carbons (Fsp3) is 0.350. The van der Waals surface area contributed by atoms with E-state index in [9.17, 15) is 14.3 Å². The van der Waals surface area contributed by atoms with Gasteiger partial charge in [0.1, 0.15) is 11.6 Å². The summed E-state index contributed by atoms with van der Waals surface area (Å²) in [5.74, 6) is 0.659. The molecule has 0 spiro atoms. The van der Waals surface area contributed by atoms with E-state index in [1.807, 2.05) is 0 Å². The van der Waals surface area contributed by atoms with Gasteiger partial charge in [-0.1, -0.05) is 26.0 Å². The molecule has 2 aromatic carbocycles. The molecule has 0 aliphatic carbocycles. The monoisotopic (exact) mass is 345 g/mol. The van der Waals surface area contributed by atoms with Gasteiger partial charge in [-0.25, -0.2) is 4.39 Å². The third kappa shape index (κ3) is 6.19. The first-order valence-corrected chi connectivity index (χ1v) is 8.40. The molecular formula is C20H24FNO3. The van der Waals surface area contributed by atoms with Crippen molar-refractivity contribution in [1.29, 1.82) is 0 Å². The number of amides is 1. The fourth-order valence-electron chi connectivity index (χ4n) is 2.21. The Morgan fingerprint density at radius 1 is 1.12 bits per heavy atom. The van der Waals surface area contributed by atoms with E-state index in [0.29, 0.717) is 23.7 Å². The quantitative estimate of drug-likeness (QED) is 0.767. The highest BCUT2D eigenvalue weighted by atomic mass is 19.1. The molecule has 2 N–H and O–H groups in total. The van der Waals surface area contributed by atoms with Crippen LogP contribution in [-0.2, 0) is 0 Å². The summed E-state index contributed by atoms with van der Waals surface area (Å²) in [5.41, 5.74) is 1.04. The second-order valence-electron chi connectivity index (χ2n) is 6.33. The Kier molecular flexibility index (Phi) is 6.95. The van der Waals surface area contributed by atoms with Crippen molar-refractivity contribution in [3.8, 4) is 5.75 Å². The van der Waals surface area contributed by atoms with Gasteiger partial charge < -0.3 is 15.2 Å². The number of hydrogen-bond donors (Lipinski definition) is 2. The zero-order chi connectivity index (χ0) is 18.2. The van der Waals surface area contributed by atoms with Crippen LogP contribution in [0, 0.1) is 11.7 Å². The van der Waals surface area contributed by atoms with Gasteiger partial charge in [-0.2, -0.15) is 0 Å². The van der Waals surface area contributed by atoms with E-state index in [2.05, 4.69) is 19.2 Å². The molecule has 0 aliphatic rings. The van der Waals surface area contributed by atoms with Gasteiger partial charge in [0, 0.05) is 12.1 Å². The molecule has 0 aromatic heterocycles. The molecule has 1 amide bonds. The number of ether oxygens (including phenoxy) is 1. The Morgan fingerprint density at radius 2 is 1.76 bits per heavy atom. The van der Waals surface area contributed by atoms with Crippen LogP contribution in [0.2, 0.25) is 0 Å². The van der Waals surface area contributed by atoms with Crippen molar-refractivity contribution in [3.63, 3.8) is 0 Å². The van der Waals surface area contributed by atoms with Crippen LogP contribution in [0.15, 0.2) is 48.5 Å². The molecule has 0 fully saturated rings. The average Bonchev–Trinajstić information content (AvgIpc) is 2.60. The summed E-state index contributed by atoms with van der Waals surface area (Å²) in [7, 11) is 0. The minimum Gasteiger partial charge on any atom is -0.494 e. The largest absolute Gasteiger partial charge is 0.494 e. The SMILES string of the molecule is CC(C)CCOc1ccc(C(=O)NCC(O)c2ccc(F)cc2)cc1. The third-order valence-corrected chi connectivity index (χ3v) is 3.79. The Morgan fingerprint density at radius 3 is 2.36 bits per heavy atom. The van der Waals surface area contributed by atoms with Gasteiger partial charge in [-0.15, -0.1) is 0 Å². The Labute approximate surface area is 147 Å². The zero-order valence-electron chi connectivity index (χ0n) is 14.5. The van der Waals surface area contributed by atoms with Crippen LogP contribution in [0.3, 0.4) is 0 Å². The van der Waals surface area contributed by atoms with Crippen molar-refractivity contribution in [2.75, 3.05) is 13.2 Å². The van der Waals surface area contributed by atoms with Crippen LogP contribution in [0.5, 0.6) is 5.75 Å². The predicted octanol–water partition coefficient (Wildman–Crippen LogP) is 3.71. The highest BCUT2D eigenvalue weighted by molar-refractivity contribution is 5.94. The Hall–Kier alpha value is -2.40. The number of carbonyl (C=O) groups excluding carboxylic acids is 1. The Bertz CT molecular complexity index is 668. The normalized spacial score (nSPS) is 12.0. The van der Waals surface area contributed by atoms with E-state index in [0.717, 1.165) is 12.2 Å². The standard InChI is InChI=1S/C20H24FNO3/c1-14(2)11-12-25-18-9-5-16(6-10-18)20(24)22-13-19(23)15-3-7-17(21)8-4-15/h3-10,14,19,23H,11-13H2,1-2H3,(H,22,24). The predicted molar refractivity (Wildman–Crippen MR) is 95.1 cm³/mol. The summed E-state index contributed by atoms with van der Waals surface area (Å²) < 4.78 is 18.5. The number of hydrogen-bond acceptors (Lipinski definition) is 3. The lowest BCUT2D eigenvalue weighted by molar-refractivity contribution is 0.0916. The third-order valence-electron chi connectivity index (χ3n) is 3.79. The maximum absolute atomic E-state index is 12.9. The summed E-state index contributed by atoms with van der Waals surface area (Å²) in [6, 6.07) is 12.4. The molecule has 1 unspecified atom stereocenters. The zero-order valence-corrected chi connectivity index (χ0v) is 14.5. The molecule has 0 saturated carbocycles. The van der Waals surface area contributed by atoms with E-state index in [1.165, 1.54) is 24.3 Å². The van der Waals surface area contributed by atoms with E-state index in [-0.39, 0.29) is 18.3 Å². The lowest BCUT2D eigenvalue weighted by Gasteiger charge is -2.13. The molecule has 1 atom stereocenters. The molecule has 0 aliphatic heterocycles. The first-order chi connectivity index (χ1) is 12.0. The van der Waals surface area contributed by atoms with E-state index >= 15 is 0 Å². The molecule has 4 nitrogen and oxygen atoms in total. The fourth-order valence-corrected chi connectivity index (χ4v) is 2.21. The van der Waals surface area contributed by atoms with Gasteiger partial charge in [0.05, 0.1) is 12.7 Å². The van der Waals surface area contributed by atoms with Crippen molar-refractivity contribution in [2.45, 2.75) is 26.4 Å². The molecule has 0 radical (unpaired) electrons. The van der Waals surface area contributed by atoms with E-state index < -0.39 is 6.10 Å². The van der Waals surface area contributed by atoms with E-state index in [4.69, 9.17) is 4.74 Å². The molecule has 25 heavy (non-hydrogen) atoms. The molecule has 0 saturated heterocycles. The number of nitrogens with one attached hydrogen (secondary N) is 1. The smallest absolute Gasteiger partial charge is 0.251 e. The summed E-state index contributed by atoms with van der Waals surface area (Å²) >= 11 is 0. The summed E-state index contributed by atoms with van der Waals surface area (Å²) in [4.78, 5) is 12.1.